The van der Waals surface area contributed by atoms with E-state index in [2.05, 4.69) is 10.0 Å². The molecule has 0 saturated carbocycles. The van der Waals surface area contributed by atoms with Gasteiger partial charge >= 0.3 is 6.03 Å². The van der Waals surface area contributed by atoms with Crippen LogP contribution in [-0.4, -0.2) is 65.3 Å². The van der Waals surface area contributed by atoms with Gasteiger partial charge in [0.25, 0.3) is 5.91 Å². The zero-order chi connectivity index (χ0) is 27.1. The Kier molecular flexibility index (Phi) is 6.74. The first-order chi connectivity index (χ1) is 18.9. The second-order valence-electron chi connectivity index (χ2n) is 10.2. The van der Waals surface area contributed by atoms with Crippen LogP contribution in [0.4, 0.5) is 4.79 Å². The van der Waals surface area contributed by atoms with E-state index >= 15 is 0 Å². The van der Waals surface area contributed by atoms with Crippen molar-refractivity contribution < 1.29 is 28.7 Å². The van der Waals surface area contributed by atoms with E-state index in [4.69, 9.17) is 14.3 Å². The molecule has 10 nitrogen and oxygen atoms in total. The number of likely N-dealkylation sites (N-methyl/N-ethyl adjacent to an activating group) is 1. The highest BCUT2D eigenvalue weighted by atomic mass is 16.8. The summed E-state index contributed by atoms with van der Waals surface area (Å²) in [6, 6.07) is 13.0. The number of carbonyl (C=O) groups is 3. The van der Waals surface area contributed by atoms with Crippen LogP contribution in [0.3, 0.4) is 0 Å². The number of carbonyl (C=O) groups excluding carboxylic acids is 3. The highest BCUT2D eigenvalue weighted by Crippen LogP contribution is 2.41. The molecule has 6 rings (SSSR count). The molecule has 2 saturated heterocycles. The maximum Gasteiger partial charge on any atom is 0.326 e. The van der Waals surface area contributed by atoms with Gasteiger partial charge in [-0.1, -0.05) is 12.1 Å². The van der Waals surface area contributed by atoms with Crippen molar-refractivity contribution in [1.82, 2.24) is 19.8 Å². The maximum atomic E-state index is 13.2. The number of rotatable bonds is 7. The number of amides is 4. The first-order valence-corrected chi connectivity index (χ1v) is 13.5. The smallest absolute Gasteiger partial charge is 0.326 e. The molecule has 3 aromatic rings. The Hall–Kier alpha value is -3.89. The molecule has 4 heterocycles. The van der Waals surface area contributed by atoms with E-state index in [0.29, 0.717) is 38.4 Å². The summed E-state index contributed by atoms with van der Waals surface area (Å²) in [7, 11) is 1.55. The number of benzene rings is 2. The van der Waals surface area contributed by atoms with Gasteiger partial charge < -0.3 is 18.9 Å². The molecule has 0 radical (unpaired) electrons. The van der Waals surface area contributed by atoms with Crippen LogP contribution in [0, 0.1) is 0 Å². The zero-order valence-corrected chi connectivity index (χ0v) is 22.1. The first kappa shape index (κ1) is 25.4. The molecule has 1 aromatic heterocycles. The molecule has 1 N–H and O–H groups in total. The average Bonchev–Trinajstić information content (AvgIpc) is 3.27. The van der Waals surface area contributed by atoms with Crippen LogP contribution in [-0.2, 0) is 27.5 Å². The van der Waals surface area contributed by atoms with E-state index in [-0.39, 0.29) is 17.8 Å². The number of hydrogen-bond acceptors (Lipinski definition) is 6. The second-order valence-corrected chi connectivity index (χ2v) is 10.2. The molecular weight excluding hydrogens is 500 g/mol. The van der Waals surface area contributed by atoms with Gasteiger partial charge in [0, 0.05) is 55.3 Å². The minimum absolute atomic E-state index is 0.186. The molecule has 204 valence electrons. The van der Waals surface area contributed by atoms with Gasteiger partial charge in [0.15, 0.2) is 6.29 Å². The van der Waals surface area contributed by atoms with Gasteiger partial charge in [0.05, 0.1) is 19.1 Å². The van der Waals surface area contributed by atoms with Crippen molar-refractivity contribution in [1.29, 1.82) is 0 Å². The molecule has 2 atom stereocenters. The molecule has 2 aromatic carbocycles. The standard InChI is InChI=1S/C29H32N4O6/c1-3-37-20-11-12-23-21(14-20)26-22-16-32(29(36)31(2)28(22)35)17-24(26)33(23)15-18-7-9-19(10-8-18)27(34)30-39-25-6-4-5-13-38-25/h7-12,14,22,25H,3-6,13,15-17H2,1-2H3,(H,30,34). The fraction of sp³-hybridized carbons (Fsp3) is 0.414. The quantitative estimate of drug-likeness (QED) is 0.465. The highest BCUT2D eigenvalue weighted by Gasteiger charge is 2.44. The van der Waals surface area contributed by atoms with Gasteiger partial charge in [-0.3, -0.25) is 14.5 Å². The number of hydroxylamine groups is 1. The first-order valence-electron chi connectivity index (χ1n) is 13.5. The maximum absolute atomic E-state index is 13.2. The molecule has 2 bridgehead atoms. The van der Waals surface area contributed by atoms with E-state index in [1.54, 1.807) is 24.1 Å². The SMILES string of the molecule is CCOc1ccc2c(c1)c1c(n2Cc2ccc(C(=O)NOC3CCCCO3)cc2)CN2CC1C(=O)N(C)C2=O. The van der Waals surface area contributed by atoms with E-state index in [9.17, 15) is 14.4 Å². The highest BCUT2D eigenvalue weighted by molar-refractivity contribution is 6.04. The van der Waals surface area contributed by atoms with Gasteiger partial charge in [0.1, 0.15) is 5.75 Å². The largest absolute Gasteiger partial charge is 0.494 e. The molecule has 0 spiro atoms. The van der Waals surface area contributed by atoms with Crippen LogP contribution in [0.2, 0.25) is 0 Å². The topological polar surface area (TPSA) is 102 Å². The molecule has 10 heteroatoms. The Balaban J connectivity index is 1.29. The fourth-order valence-electron chi connectivity index (χ4n) is 5.78. The van der Waals surface area contributed by atoms with Crippen LogP contribution in [0.1, 0.15) is 59.3 Å². The third kappa shape index (κ3) is 4.63. The normalized spacial score (nSPS) is 20.8. The Labute approximate surface area is 226 Å². The molecule has 2 unspecified atom stereocenters. The number of ether oxygens (including phenoxy) is 2. The lowest BCUT2D eigenvalue weighted by molar-refractivity contribution is -0.186. The number of urea groups is 1. The Morgan fingerprint density at radius 3 is 2.69 bits per heavy atom. The molecule has 3 aliphatic heterocycles. The number of aromatic nitrogens is 1. The lowest BCUT2D eigenvalue weighted by Crippen LogP contribution is -2.56. The molecule has 39 heavy (non-hydrogen) atoms. The molecule has 0 aliphatic carbocycles. The minimum atomic E-state index is -0.420. The number of nitrogens with one attached hydrogen (secondary N) is 1. The zero-order valence-electron chi connectivity index (χ0n) is 22.1. The number of fused-ring (bicyclic) bond motifs is 6. The second kappa shape index (κ2) is 10.3. The summed E-state index contributed by atoms with van der Waals surface area (Å²) >= 11 is 0. The number of nitrogens with zero attached hydrogens (tertiary/aromatic N) is 3. The summed E-state index contributed by atoms with van der Waals surface area (Å²) in [6.45, 7) is 4.44. The Morgan fingerprint density at radius 1 is 1.13 bits per heavy atom. The van der Waals surface area contributed by atoms with Crippen molar-refractivity contribution in [2.75, 3.05) is 26.8 Å². The Bertz CT molecular complexity index is 1430. The molecular formula is C29H32N4O6. The van der Waals surface area contributed by atoms with Crippen LogP contribution >= 0.6 is 0 Å². The summed E-state index contributed by atoms with van der Waals surface area (Å²) in [5.41, 5.74) is 6.85. The summed E-state index contributed by atoms with van der Waals surface area (Å²) in [4.78, 5) is 46.9. The summed E-state index contributed by atoms with van der Waals surface area (Å²) in [5.74, 6) is -0.188. The van der Waals surface area contributed by atoms with Gasteiger partial charge in [-0.2, -0.15) is 0 Å². The number of imide groups is 1. The molecule has 4 amide bonds. The Morgan fingerprint density at radius 2 is 1.95 bits per heavy atom. The summed E-state index contributed by atoms with van der Waals surface area (Å²) < 4.78 is 13.4. The van der Waals surface area contributed by atoms with Crippen LogP contribution in [0.15, 0.2) is 42.5 Å². The van der Waals surface area contributed by atoms with Gasteiger partial charge in [0.2, 0.25) is 5.91 Å². The number of hydrogen-bond donors (Lipinski definition) is 1. The lowest BCUT2D eigenvalue weighted by atomic mass is 9.89. The van der Waals surface area contributed by atoms with E-state index in [0.717, 1.165) is 52.7 Å². The third-order valence-electron chi connectivity index (χ3n) is 7.75. The minimum Gasteiger partial charge on any atom is -0.494 e. The van der Waals surface area contributed by atoms with Crippen molar-refractivity contribution >= 4 is 28.7 Å². The van der Waals surface area contributed by atoms with Crippen molar-refractivity contribution in [2.24, 2.45) is 0 Å². The van der Waals surface area contributed by atoms with Crippen LogP contribution in [0.5, 0.6) is 5.75 Å². The van der Waals surface area contributed by atoms with Gasteiger partial charge in [-0.15, -0.1) is 0 Å². The lowest BCUT2D eigenvalue weighted by Gasteiger charge is -2.41. The average molecular weight is 533 g/mol. The summed E-state index contributed by atoms with van der Waals surface area (Å²) in [6.07, 6.45) is 2.36. The predicted molar refractivity (Wildman–Crippen MR) is 142 cm³/mol. The molecule has 2 fully saturated rings. The van der Waals surface area contributed by atoms with Crippen LogP contribution < -0.4 is 10.2 Å². The molecule has 3 aliphatic rings. The predicted octanol–water partition coefficient (Wildman–Crippen LogP) is 3.77. The van der Waals surface area contributed by atoms with Crippen molar-refractivity contribution in [3.05, 3.63) is 64.8 Å². The summed E-state index contributed by atoms with van der Waals surface area (Å²) in [5, 5.41) is 0.967. The van der Waals surface area contributed by atoms with Gasteiger partial charge in [-0.05, 0) is 61.2 Å². The van der Waals surface area contributed by atoms with Crippen LogP contribution in [0.25, 0.3) is 10.9 Å². The van der Waals surface area contributed by atoms with Gasteiger partial charge in [-0.25, -0.2) is 15.1 Å². The van der Waals surface area contributed by atoms with E-state index in [1.807, 2.05) is 37.3 Å². The monoisotopic (exact) mass is 532 g/mol. The van der Waals surface area contributed by atoms with Crippen molar-refractivity contribution in [3.8, 4) is 5.75 Å². The van der Waals surface area contributed by atoms with E-state index in [1.165, 1.54) is 4.90 Å². The van der Waals surface area contributed by atoms with Crippen molar-refractivity contribution in [2.45, 2.75) is 51.5 Å². The van der Waals surface area contributed by atoms with E-state index < -0.39 is 12.2 Å². The third-order valence-corrected chi connectivity index (χ3v) is 7.75. The fourth-order valence-corrected chi connectivity index (χ4v) is 5.78. The van der Waals surface area contributed by atoms with Crippen molar-refractivity contribution in [3.63, 3.8) is 0 Å².